The zero-order valence-electron chi connectivity index (χ0n) is 14.6. The van der Waals surface area contributed by atoms with Crippen molar-refractivity contribution in [2.75, 3.05) is 0 Å². The molecule has 7 heteroatoms. The average molecular weight is 460 g/mol. The third-order valence-electron chi connectivity index (χ3n) is 3.84. The Bertz CT molecular complexity index is 976. The van der Waals surface area contributed by atoms with E-state index in [9.17, 15) is 9.59 Å². The number of hydrogen-bond acceptors (Lipinski definition) is 3. The van der Waals surface area contributed by atoms with Gasteiger partial charge in [-0.25, -0.2) is 0 Å². The van der Waals surface area contributed by atoms with Gasteiger partial charge in [0.25, 0.3) is 11.8 Å². The van der Waals surface area contributed by atoms with Crippen molar-refractivity contribution in [3.05, 3.63) is 99.0 Å². The molecule has 0 atom stereocenters. The Hall–Kier alpha value is -2.83. The number of nitrogens with one attached hydrogen (secondary N) is 2. The molecule has 0 radical (unpaired) electrons. The molecular formula is C21H16BrClN2O3. The van der Waals surface area contributed by atoms with Crippen LogP contribution < -0.4 is 15.6 Å². The zero-order chi connectivity index (χ0) is 19.9. The molecule has 0 bridgehead atoms. The lowest BCUT2D eigenvalue weighted by Crippen LogP contribution is -2.41. The summed E-state index contributed by atoms with van der Waals surface area (Å²) < 4.78 is 6.31. The van der Waals surface area contributed by atoms with Gasteiger partial charge >= 0.3 is 0 Å². The van der Waals surface area contributed by atoms with Gasteiger partial charge in [0.15, 0.2) is 0 Å². The fourth-order valence-corrected chi connectivity index (χ4v) is 2.94. The van der Waals surface area contributed by atoms with Crippen molar-refractivity contribution in [2.45, 2.75) is 6.61 Å². The van der Waals surface area contributed by atoms with E-state index in [0.29, 0.717) is 33.0 Å². The lowest BCUT2D eigenvalue weighted by molar-refractivity contribution is 0.0846. The molecule has 0 saturated heterocycles. The Balaban J connectivity index is 1.52. The van der Waals surface area contributed by atoms with Crippen LogP contribution in [0.2, 0.25) is 5.02 Å². The molecule has 2 amide bonds. The van der Waals surface area contributed by atoms with Crippen LogP contribution in [0.25, 0.3) is 0 Å². The van der Waals surface area contributed by atoms with Gasteiger partial charge in [0.2, 0.25) is 0 Å². The second-order valence-electron chi connectivity index (χ2n) is 5.83. The lowest BCUT2D eigenvalue weighted by atomic mass is 10.1. The second-order valence-corrected chi connectivity index (χ2v) is 7.12. The van der Waals surface area contributed by atoms with Crippen LogP contribution in [-0.2, 0) is 6.61 Å². The Kier molecular flexibility index (Phi) is 6.68. The van der Waals surface area contributed by atoms with Gasteiger partial charge in [-0.15, -0.1) is 0 Å². The molecule has 5 nitrogen and oxygen atoms in total. The number of amides is 2. The highest BCUT2D eigenvalue weighted by Gasteiger charge is 2.11. The first-order chi connectivity index (χ1) is 13.5. The van der Waals surface area contributed by atoms with Crippen LogP contribution in [0.1, 0.15) is 26.3 Å². The lowest BCUT2D eigenvalue weighted by Gasteiger charge is -2.09. The van der Waals surface area contributed by atoms with Crippen LogP contribution in [0.4, 0.5) is 0 Å². The number of halogens is 2. The fourth-order valence-electron chi connectivity index (χ4n) is 2.35. The summed E-state index contributed by atoms with van der Waals surface area (Å²) in [5.41, 5.74) is 6.56. The summed E-state index contributed by atoms with van der Waals surface area (Å²) in [6.07, 6.45) is 0. The SMILES string of the molecule is O=C(NNC(=O)c1ccccc1Br)c1ccc(COc2ccc(Cl)cc2)cc1. The topological polar surface area (TPSA) is 67.4 Å². The first-order valence-corrected chi connectivity index (χ1v) is 9.52. The molecule has 2 N–H and O–H groups in total. The van der Waals surface area contributed by atoms with Gasteiger partial charge in [0.1, 0.15) is 12.4 Å². The Morgan fingerprint density at radius 1 is 0.857 bits per heavy atom. The maximum atomic E-state index is 12.2. The molecular weight excluding hydrogens is 444 g/mol. The molecule has 0 aromatic heterocycles. The number of ether oxygens (including phenoxy) is 1. The first kappa shape index (κ1) is 19.9. The largest absolute Gasteiger partial charge is 0.489 e. The second kappa shape index (κ2) is 9.39. The van der Waals surface area contributed by atoms with Crippen LogP contribution in [-0.4, -0.2) is 11.8 Å². The number of benzene rings is 3. The maximum Gasteiger partial charge on any atom is 0.270 e. The Morgan fingerprint density at radius 3 is 2.18 bits per heavy atom. The van der Waals surface area contributed by atoms with E-state index in [1.165, 1.54) is 0 Å². The highest BCUT2D eigenvalue weighted by Crippen LogP contribution is 2.17. The van der Waals surface area contributed by atoms with E-state index >= 15 is 0 Å². The molecule has 0 heterocycles. The molecule has 0 aliphatic heterocycles. The number of carbonyl (C=O) groups is 2. The molecule has 3 aromatic carbocycles. The molecule has 0 fully saturated rings. The van der Waals surface area contributed by atoms with E-state index in [4.69, 9.17) is 16.3 Å². The van der Waals surface area contributed by atoms with E-state index < -0.39 is 11.8 Å². The molecule has 3 rings (SSSR count). The summed E-state index contributed by atoms with van der Waals surface area (Å²) >= 11 is 9.14. The molecule has 28 heavy (non-hydrogen) atoms. The van der Waals surface area contributed by atoms with Gasteiger partial charge in [-0.2, -0.15) is 0 Å². The summed E-state index contributed by atoms with van der Waals surface area (Å²) in [5, 5.41) is 0.648. The van der Waals surface area contributed by atoms with Crippen molar-refractivity contribution in [3.8, 4) is 5.75 Å². The molecule has 0 aliphatic carbocycles. The van der Waals surface area contributed by atoms with Gasteiger partial charge < -0.3 is 4.74 Å². The quantitative estimate of drug-likeness (QED) is 0.541. The fraction of sp³-hybridized carbons (Fsp3) is 0.0476. The molecule has 0 aliphatic rings. The van der Waals surface area contributed by atoms with Gasteiger partial charge in [-0.1, -0.05) is 35.9 Å². The number of carbonyl (C=O) groups excluding carboxylic acids is 2. The summed E-state index contributed by atoms with van der Waals surface area (Å²) in [6, 6.07) is 21.0. The normalized spacial score (nSPS) is 10.2. The minimum absolute atomic E-state index is 0.363. The van der Waals surface area contributed by atoms with E-state index in [-0.39, 0.29) is 0 Å². The van der Waals surface area contributed by atoms with Gasteiger partial charge in [-0.05, 0) is 70.0 Å². The van der Waals surface area contributed by atoms with Crippen molar-refractivity contribution in [3.63, 3.8) is 0 Å². The molecule has 0 unspecified atom stereocenters. The smallest absolute Gasteiger partial charge is 0.270 e. The van der Waals surface area contributed by atoms with Crippen molar-refractivity contribution in [2.24, 2.45) is 0 Å². The predicted octanol–water partition coefficient (Wildman–Crippen LogP) is 4.76. The van der Waals surface area contributed by atoms with Gasteiger partial charge in [-0.3, -0.25) is 20.4 Å². The van der Waals surface area contributed by atoms with Crippen LogP contribution in [0.15, 0.2) is 77.3 Å². The van der Waals surface area contributed by atoms with Crippen molar-refractivity contribution < 1.29 is 14.3 Å². The molecule has 0 saturated carbocycles. The van der Waals surface area contributed by atoms with Crippen LogP contribution in [0.5, 0.6) is 5.75 Å². The highest BCUT2D eigenvalue weighted by atomic mass is 79.9. The predicted molar refractivity (Wildman–Crippen MR) is 111 cm³/mol. The zero-order valence-corrected chi connectivity index (χ0v) is 17.0. The number of hydrogen-bond donors (Lipinski definition) is 2. The monoisotopic (exact) mass is 458 g/mol. The third kappa shape index (κ3) is 5.34. The Labute approximate surface area is 175 Å². The molecule has 0 spiro atoms. The number of hydrazine groups is 1. The van der Waals surface area contributed by atoms with E-state index in [0.717, 1.165) is 5.56 Å². The van der Waals surface area contributed by atoms with Crippen molar-refractivity contribution >= 4 is 39.3 Å². The average Bonchev–Trinajstić information content (AvgIpc) is 2.72. The van der Waals surface area contributed by atoms with E-state index in [2.05, 4.69) is 26.8 Å². The van der Waals surface area contributed by atoms with E-state index in [1.54, 1.807) is 72.8 Å². The minimum atomic E-state index is -0.412. The molecule has 142 valence electrons. The Morgan fingerprint density at radius 2 is 1.50 bits per heavy atom. The highest BCUT2D eigenvalue weighted by molar-refractivity contribution is 9.10. The van der Waals surface area contributed by atoms with E-state index in [1.807, 2.05) is 0 Å². The van der Waals surface area contributed by atoms with Crippen molar-refractivity contribution in [1.29, 1.82) is 0 Å². The first-order valence-electron chi connectivity index (χ1n) is 8.35. The standard InChI is InChI=1S/C21H16BrClN2O3/c22-19-4-2-1-3-18(19)21(27)25-24-20(26)15-7-5-14(6-8-15)13-28-17-11-9-16(23)10-12-17/h1-12H,13H2,(H,24,26)(H,25,27). The summed E-state index contributed by atoms with van der Waals surface area (Å²) in [4.78, 5) is 24.3. The maximum absolute atomic E-state index is 12.2. The summed E-state index contributed by atoms with van der Waals surface area (Å²) in [6.45, 7) is 0.363. The van der Waals surface area contributed by atoms with Gasteiger partial charge in [0, 0.05) is 15.1 Å². The summed E-state index contributed by atoms with van der Waals surface area (Å²) in [7, 11) is 0. The van der Waals surface area contributed by atoms with Crippen LogP contribution >= 0.6 is 27.5 Å². The molecule has 3 aromatic rings. The van der Waals surface area contributed by atoms with Gasteiger partial charge in [0.05, 0.1) is 5.56 Å². The summed E-state index contributed by atoms with van der Waals surface area (Å²) in [5.74, 6) is -0.111. The van der Waals surface area contributed by atoms with Crippen LogP contribution in [0, 0.1) is 0 Å². The van der Waals surface area contributed by atoms with Crippen molar-refractivity contribution in [1.82, 2.24) is 10.9 Å². The third-order valence-corrected chi connectivity index (χ3v) is 4.79. The minimum Gasteiger partial charge on any atom is -0.489 e. The number of rotatable bonds is 5. The van der Waals surface area contributed by atoms with Crippen LogP contribution in [0.3, 0.4) is 0 Å².